The van der Waals surface area contributed by atoms with Gasteiger partial charge in [0, 0.05) is 97.2 Å². The molecule has 0 spiro atoms. The van der Waals surface area contributed by atoms with Gasteiger partial charge in [0.25, 0.3) is 11.5 Å². The van der Waals surface area contributed by atoms with E-state index in [0.29, 0.717) is 11.1 Å². The number of nitrogens with zero attached hydrogens (tertiary/aromatic N) is 4. The Labute approximate surface area is 272 Å². The number of hydrogen-bond donors (Lipinski definition) is 3. The topological polar surface area (TPSA) is 98.3 Å². The third kappa shape index (κ3) is 7.77. The summed E-state index contributed by atoms with van der Waals surface area (Å²) >= 11 is 0. The molecule has 0 bridgehead atoms. The molecular weight excluding hydrogens is 574 g/mol. The van der Waals surface area contributed by atoms with Crippen molar-refractivity contribution in [2.24, 2.45) is 0 Å². The van der Waals surface area contributed by atoms with Gasteiger partial charge in [0.1, 0.15) is 5.82 Å². The molecule has 1 aliphatic rings. The first-order valence-electron chi connectivity index (χ1n) is 16.3. The van der Waals surface area contributed by atoms with Crippen molar-refractivity contribution in [1.82, 2.24) is 30.1 Å². The third-order valence-corrected chi connectivity index (χ3v) is 8.77. The van der Waals surface area contributed by atoms with E-state index in [1.807, 2.05) is 31.3 Å². The fraction of sp³-hybridized carbons (Fsp3) is 0.378. The highest BCUT2D eigenvalue weighted by atomic mass is 16.1. The van der Waals surface area contributed by atoms with Crippen LogP contribution in [0.3, 0.4) is 0 Å². The Bertz CT molecular complexity index is 1740. The molecular formula is C37H47N7O2. The van der Waals surface area contributed by atoms with Gasteiger partial charge in [-0.2, -0.15) is 0 Å². The maximum atomic E-state index is 13.9. The summed E-state index contributed by atoms with van der Waals surface area (Å²) in [6.07, 6.45) is 9.32. The van der Waals surface area contributed by atoms with Gasteiger partial charge >= 0.3 is 0 Å². The van der Waals surface area contributed by atoms with Gasteiger partial charge in [-0.25, -0.2) is 4.98 Å². The number of rotatable bonds is 14. The van der Waals surface area contributed by atoms with E-state index in [1.54, 1.807) is 6.08 Å². The normalized spacial score (nSPS) is 13.6. The van der Waals surface area contributed by atoms with E-state index in [1.165, 1.54) is 0 Å². The van der Waals surface area contributed by atoms with E-state index < -0.39 is 0 Å². The van der Waals surface area contributed by atoms with E-state index in [-0.39, 0.29) is 18.0 Å². The number of likely N-dealkylation sites (N-methyl/N-ethyl adjacent to an activating group) is 1. The average molecular weight is 622 g/mol. The smallest absolute Gasteiger partial charge is 0.253 e. The molecule has 9 nitrogen and oxygen atoms in total. The first-order chi connectivity index (χ1) is 22.3. The Balaban J connectivity index is 1.43. The molecule has 46 heavy (non-hydrogen) atoms. The van der Waals surface area contributed by atoms with Crippen molar-refractivity contribution in [1.29, 1.82) is 0 Å². The molecule has 242 valence electrons. The fourth-order valence-electron chi connectivity index (χ4n) is 6.09. The Kier molecular flexibility index (Phi) is 10.8. The molecule has 1 amide bonds. The molecule has 3 N–H and O–H groups in total. The van der Waals surface area contributed by atoms with Crippen LogP contribution < -0.4 is 21.1 Å². The molecule has 1 saturated heterocycles. The monoisotopic (exact) mass is 621 g/mol. The van der Waals surface area contributed by atoms with Crippen molar-refractivity contribution in [2.75, 3.05) is 44.7 Å². The Morgan fingerprint density at radius 2 is 1.87 bits per heavy atom. The number of amides is 1. The Morgan fingerprint density at radius 1 is 1.07 bits per heavy atom. The summed E-state index contributed by atoms with van der Waals surface area (Å²) in [6, 6.07) is 12.3. The van der Waals surface area contributed by atoms with Crippen LogP contribution in [0.5, 0.6) is 0 Å². The third-order valence-electron chi connectivity index (χ3n) is 8.77. The predicted molar refractivity (Wildman–Crippen MR) is 188 cm³/mol. The Morgan fingerprint density at radius 3 is 2.59 bits per heavy atom. The number of aryl methyl sites for hydroxylation is 3. The molecule has 3 aromatic heterocycles. The van der Waals surface area contributed by atoms with Crippen molar-refractivity contribution in [3.63, 3.8) is 0 Å². The van der Waals surface area contributed by atoms with Crippen LogP contribution >= 0.6 is 0 Å². The molecule has 1 fully saturated rings. The summed E-state index contributed by atoms with van der Waals surface area (Å²) in [5.74, 6) is 0.763. The lowest BCUT2D eigenvalue weighted by Crippen LogP contribution is -2.44. The molecule has 1 aromatic carbocycles. The number of H-pyrrole nitrogens is 1. The molecule has 4 aromatic rings. The lowest BCUT2D eigenvalue weighted by atomic mass is 10.00. The zero-order valence-electron chi connectivity index (χ0n) is 27.5. The first kappa shape index (κ1) is 32.8. The molecule has 1 aliphatic heterocycles. The van der Waals surface area contributed by atoms with E-state index in [0.717, 1.165) is 110 Å². The van der Waals surface area contributed by atoms with Gasteiger partial charge in [-0.3, -0.25) is 9.59 Å². The molecule has 0 saturated carbocycles. The second-order valence-corrected chi connectivity index (χ2v) is 12.2. The summed E-state index contributed by atoms with van der Waals surface area (Å²) < 4.78 is 2.22. The number of unbranched alkanes of at least 4 members (excludes halogenated alkanes) is 1. The number of benzene rings is 1. The van der Waals surface area contributed by atoms with Gasteiger partial charge in [-0.05, 0) is 86.8 Å². The molecule has 5 rings (SSSR count). The molecule has 0 atom stereocenters. The minimum atomic E-state index is -0.207. The largest absolute Gasteiger partial charge is 0.386 e. The van der Waals surface area contributed by atoms with E-state index in [9.17, 15) is 9.59 Å². The zero-order chi connectivity index (χ0) is 32.6. The number of carbonyl (C=O) groups excluding carboxylic acids is 1. The molecule has 9 heteroatoms. The lowest BCUT2D eigenvalue weighted by molar-refractivity contribution is 0.0952. The number of aromatic nitrogens is 3. The summed E-state index contributed by atoms with van der Waals surface area (Å²) in [5, 5.41) is 7.22. The predicted octanol–water partition coefficient (Wildman–Crippen LogP) is 5.40. The van der Waals surface area contributed by atoms with Gasteiger partial charge in [0.05, 0.1) is 0 Å². The van der Waals surface area contributed by atoms with E-state index in [4.69, 9.17) is 4.98 Å². The molecule has 0 radical (unpaired) electrons. The number of hydrogen-bond acceptors (Lipinski definition) is 6. The van der Waals surface area contributed by atoms with Gasteiger partial charge in [-0.15, -0.1) is 0 Å². The van der Waals surface area contributed by atoms with E-state index in [2.05, 4.69) is 81.5 Å². The van der Waals surface area contributed by atoms with Crippen molar-refractivity contribution in [3.05, 3.63) is 106 Å². The van der Waals surface area contributed by atoms with Gasteiger partial charge in [0.2, 0.25) is 0 Å². The maximum Gasteiger partial charge on any atom is 0.253 e. The van der Waals surface area contributed by atoms with Crippen LogP contribution in [0.25, 0.3) is 22.0 Å². The van der Waals surface area contributed by atoms with Crippen LogP contribution in [-0.2, 0) is 19.5 Å². The second-order valence-electron chi connectivity index (χ2n) is 12.2. The quantitative estimate of drug-likeness (QED) is 0.129. The van der Waals surface area contributed by atoms with Crippen molar-refractivity contribution >= 4 is 22.6 Å². The average Bonchev–Trinajstić information content (AvgIpc) is 3.46. The van der Waals surface area contributed by atoms with Gasteiger partial charge in [0.15, 0.2) is 0 Å². The lowest BCUT2D eigenvalue weighted by Gasteiger charge is -2.33. The standard InChI is InChI=1S/C37H47N7O2/c1-6-10-28-21-27(4)41-37(46)33(28)25-40-36(45)32-22-30(29-11-12-35(39-24-29)44-19-17-42(5)18-20-44)23-34-31(32)13-16-43(34)15-9-8-14-38-26(3)7-2/h7,11-13,16,21-24,38H,2-3,6,8-10,14-15,17-20,25H2,1,4-5H3,(H,40,45)(H,41,46). The Hall–Kier alpha value is -4.63. The fourth-order valence-corrected chi connectivity index (χ4v) is 6.09. The van der Waals surface area contributed by atoms with Gasteiger partial charge < -0.3 is 30.0 Å². The number of piperazine rings is 1. The maximum absolute atomic E-state index is 13.9. The molecule has 0 aliphatic carbocycles. The van der Waals surface area contributed by atoms with Crippen molar-refractivity contribution in [2.45, 2.75) is 52.6 Å². The van der Waals surface area contributed by atoms with Crippen LogP contribution in [0.4, 0.5) is 5.82 Å². The minimum Gasteiger partial charge on any atom is -0.386 e. The minimum absolute atomic E-state index is 0.147. The van der Waals surface area contributed by atoms with Crippen LogP contribution in [0.1, 0.15) is 53.4 Å². The van der Waals surface area contributed by atoms with Crippen LogP contribution in [-0.4, -0.2) is 65.1 Å². The number of pyridine rings is 2. The zero-order valence-corrected chi connectivity index (χ0v) is 27.5. The molecule has 0 unspecified atom stereocenters. The highest BCUT2D eigenvalue weighted by Crippen LogP contribution is 2.30. The highest BCUT2D eigenvalue weighted by Gasteiger charge is 2.19. The van der Waals surface area contributed by atoms with Crippen LogP contribution in [0, 0.1) is 6.92 Å². The summed E-state index contributed by atoms with van der Waals surface area (Å²) in [7, 11) is 2.15. The van der Waals surface area contributed by atoms with Crippen LogP contribution in [0.15, 0.2) is 78.5 Å². The highest BCUT2D eigenvalue weighted by molar-refractivity contribution is 6.08. The van der Waals surface area contributed by atoms with E-state index >= 15 is 0 Å². The van der Waals surface area contributed by atoms with Crippen molar-refractivity contribution in [3.8, 4) is 11.1 Å². The SMILES string of the molecule is C=CC(=C)NCCCCn1ccc2c(C(=O)NCc3c(CCC)cc(C)[nH]c3=O)cc(-c3ccc(N4CCN(C)CC4)nc3)cc21. The molecule has 4 heterocycles. The number of allylic oxidation sites excluding steroid dienone is 1. The van der Waals surface area contributed by atoms with Gasteiger partial charge in [-0.1, -0.05) is 26.5 Å². The van der Waals surface area contributed by atoms with Crippen molar-refractivity contribution < 1.29 is 4.79 Å². The first-order valence-corrected chi connectivity index (χ1v) is 16.3. The number of anilines is 1. The summed E-state index contributed by atoms with van der Waals surface area (Å²) in [4.78, 5) is 39.1. The second kappa shape index (κ2) is 15.1. The number of carbonyl (C=O) groups is 1. The van der Waals surface area contributed by atoms with Crippen LogP contribution in [0.2, 0.25) is 0 Å². The number of aromatic amines is 1. The summed E-state index contributed by atoms with van der Waals surface area (Å²) in [6.45, 7) is 17.4. The number of nitrogens with one attached hydrogen (secondary N) is 3. The number of fused-ring (bicyclic) bond motifs is 1. The summed E-state index contributed by atoms with van der Waals surface area (Å²) in [5.41, 5.74) is 6.56.